The summed E-state index contributed by atoms with van der Waals surface area (Å²) in [6, 6.07) is 10.5. The van der Waals surface area contributed by atoms with Gasteiger partial charge in [-0.3, -0.25) is 9.59 Å². The minimum Gasteiger partial charge on any atom is -0.391 e. The number of rotatable bonds is 2. The first-order valence-electron chi connectivity index (χ1n) is 8.29. The Morgan fingerprint density at radius 3 is 2.73 bits per heavy atom. The van der Waals surface area contributed by atoms with Crippen molar-refractivity contribution in [1.29, 1.82) is 0 Å². The Labute approximate surface area is 154 Å². The fraction of sp³-hybridized carbons (Fsp3) is 0.263. The third-order valence-electron chi connectivity index (χ3n) is 4.84. The van der Waals surface area contributed by atoms with Gasteiger partial charge in [0, 0.05) is 13.0 Å². The lowest BCUT2D eigenvalue weighted by atomic mass is 10.1. The van der Waals surface area contributed by atoms with Gasteiger partial charge >= 0.3 is 0 Å². The highest BCUT2D eigenvalue weighted by Gasteiger charge is 2.44. The molecule has 5 nitrogen and oxygen atoms in total. The minimum absolute atomic E-state index is 0.0108. The Hall–Kier alpha value is -2.44. The van der Waals surface area contributed by atoms with Crippen LogP contribution in [0.3, 0.4) is 0 Å². The van der Waals surface area contributed by atoms with Crippen LogP contribution in [0.25, 0.3) is 0 Å². The van der Waals surface area contributed by atoms with Crippen LogP contribution in [0.1, 0.15) is 22.3 Å². The van der Waals surface area contributed by atoms with E-state index < -0.39 is 18.0 Å². The fourth-order valence-corrected chi connectivity index (χ4v) is 3.72. The maximum atomic E-state index is 13.8. The second-order valence-corrected chi connectivity index (χ2v) is 6.96. The maximum Gasteiger partial charge on any atom is 0.256 e. The lowest BCUT2D eigenvalue weighted by Gasteiger charge is -2.26. The zero-order chi connectivity index (χ0) is 18.4. The van der Waals surface area contributed by atoms with E-state index in [-0.39, 0.29) is 36.3 Å². The zero-order valence-electron chi connectivity index (χ0n) is 13.7. The van der Waals surface area contributed by atoms with Crippen molar-refractivity contribution < 1.29 is 19.1 Å². The van der Waals surface area contributed by atoms with Gasteiger partial charge in [0.2, 0.25) is 5.91 Å². The number of hydrogen-bond donors (Lipinski definition) is 1. The lowest BCUT2D eigenvalue weighted by molar-refractivity contribution is -0.122. The summed E-state index contributed by atoms with van der Waals surface area (Å²) in [7, 11) is 0. The number of hydrogen-bond acceptors (Lipinski definition) is 3. The van der Waals surface area contributed by atoms with Crippen LogP contribution in [0.4, 0.5) is 10.1 Å². The SMILES string of the molecule is O=C1[C@@H]2C[C@@H](O)CN2C(=O)c2ccccc2N1Cc1ccc(Cl)c(F)c1. The van der Waals surface area contributed by atoms with Gasteiger partial charge in [-0.05, 0) is 29.8 Å². The summed E-state index contributed by atoms with van der Waals surface area (Å²) in [5.74, 6) is -1.12. The summed E-state index contributed by atoms with van der Waals surface area (Å²) in [4.78, 5) is 28.9. The van der Waals surface area contributed by atoms with Crippen LogP contribution in [0.5, 0.6) is 0 Å². The average Bonchev–Trinajstić information content (AvgIpc) is 3.00. The summed E-state index contributed by atoms with van der Waals surface area (Å²) >= 11 is 5.73. The molecule has 2 aliphatic rings. The third-order valence-corrected chi connectivity index (χ3v) is 5.15. The Morgan fingerprint density at radius 2 is 1.96 bits per heavy atom. The molecule has 2 amide bonds. The molecule has 2 aromatic rings. The Morgan fingerprint density at radius 1 is 1.19 bits per heavy atom. The molecule has 2 aliphatic heterocycles. The second kappa shape index (κ2) is 6.37. The van der Waals surface area contributed by atoms with Crippen molar-refractivity contribution in [2.75, 3.05) is 11.4 Å². The number of halogens is 2. The molecule has 0 saturated carbocycles. The van der Waals surface area contributed by atoms with Gasteiger partial charge in [0.25, 0.3) is 5.91 Å². The molecular formula is C19H16ClFN2O3. The molecule has 1 fully saturated rings. The highest BCUT2D eigenvalue weighted by molar-refractivity contribution is 6.30. The molecule has 134 valence electrons. The number of carbonyl (C=O) groups excluding carboxylic acids is 2. The molecule has 2 heterocycles. The molecule has 0 aromatic heterocycles. The van der Waals surface area contributed by atoms with E-state index in [9.17, 15) is 19.1 Å². The minimum atomic E-state index is -0.729. The second-order valence-electron chi connectivity index (χ2n) is 6.55. The highest BCUT2D eigenvalue weighted by Crippen LogP contribution is 2.33. The van der Waals surface area contributed by atoms with Crippen LogP contribution < -0.4 is 4.90 Å². The quantitative estimate of drug-likeness (QED) is 0.879. The zero-order valence-corrected chi connectivity index (χ0v) is 14.5. The van der Waals surface area contributed by atoms with Gasteiger partial charge in [-0.2, -0.15) is 0 Å². The summed E-state index contributed by atoms with van der Waals surface area (Å²) in [5.41, 5.74) is 1.45. The van der Waals surface area contributed by atoms with Crippen LogP contribution in [0.15, 0.2) is 42.5 Å². The molecule has 0 aliphatic carbocycles. The molecule has 0 bridgehead atoms. The van der Waals surface area contributed by atoms with E-state index in [1.807, 2.05) is 0 Å². The number of nitrogens with zero attached hydrogens (tertiary/aromatic N) is 2. The molecule has 1 N–H and O–H groups in total. The number of anilines is 1. The van der Waals surface area contributed by atoms with E-state index in [4.69, 9.17) is 11.6 Å². The number of amides is 2. The summed E-state index contributed by atoms with van der Waals surface area (Å²) in [6.07, 6.45) is -0.530. The highest BCUT2D eigenvalue weighted by atomic mass is 35.5. The van der Waals surface area contributed by atoms with E-state index in [2.05, 4.69) is 0 Å². The molecule has 26 heavy (non-hydrogen) atoms. The summed E-state index contributed by atoms with van der Waals surface area (Å²) in [5, 5.41) is 9.96. The Balaban J connectivity index is 1.78. The fourth-order valence-electron chi connectivity index (χ4n) is 3.60. The standard InChI is InChI=1S/C19H16ClFN2O3/c20-14-6-5-11(7-15(14)21)9-22-16-4-2-1-3-13(16)18(25)23-10-12(24)8-17(23)19(22)26/h1-7,12,17,24H,8-10H2/t12-,17+/m1/s1. The molecule has 1 saturated heterocycles. The molecular weight excluding hydrogens is 359 g/mol. The third kappa shape index (κ3) is 2.75. The number of benzene rings is 2. The Kier molecular flexibility index (Phi) is 4.17. The molecule has 0 radical (unpaired) electrons. The number of aliphatic hydroxyl groups excluding tert-OH is 1. The smallest absolute Gasteiger partial charge is 0.256 e. The molecule has 2 atom stereocenters. The van der Waals surface area contributed by atoms with Crippen LogP contribution in [-0.2, 0) is 11.3 Å². The normalized spacial score (nSPS) is 22.3. The van der Waals surface area contributed by atoms with Gasteiger partial charge in [0.1, 0.15) is 11.9 Å². The van der Waals surface area contributed by atoms with Crippen molar-refractivity contribution in [1.82, 2.24) is 4.90 Å². The van der Waals surface area contributed by atoms with Crippen LogP contribution in [0, 0.1) is 5.82 Å². The lowest BCUT2D eigenvalue weighted by Crippen LogP contribution is -2.44. The summed E-state index contributed by atoms with van der Waals surface area (Å²) in [6.45, 7) is 0.241. The number of fused-ring (bicyclic) bond motifs is 2. The first-order chi connectivity index (χ1) is 12.5. The maximum absolute atomic E-state index is 13.8. The van der Waals surface area contributed by atoms with E-state index >= 15 is 0 Å². The number of para-hydroxylation sites is 1. The largest absolute Gasteiger partial charge is 0.391 e. The van der Waals surface area contributed by atoms with Gasteiger partial charge in [0.15, 0.2) is 0 Å². The van der Waals surface area contributed by atoms with Crippen LogP contribution in [-0.4, -0.2) is 40.5 Å². The first kappa shape index (κ1) is 17.0. The number of carbonyl (C=O) groups is 2. The van der Waals surface area contributed by atoms with E-state index in [1.165, 1.54) is 21.9 Å². The van der Waals surface area contributed by atoms with Crippen molar-refractivity contribution in [2.45, 2.75) is 25.1 Å². The average molecular weight is 375 g/mol. The topological polar surface area (TPSA) is 60.9 Å². The van der Waals surface area contributed by atoms with Gasteiger partial charge in [-0.1, -0.05) is 29.8 Å². The van der Waals surface area contributed by atoms with Crippen LogP contribution >= 0.6 is 11.6 Å². The van der Waals surface area contributed by atoms with E-state index in [0.29, 0.717) is 16.8 Å². The van der Waals surface area contributed by atoms with Crippen LogP contribution in [0.2, 0.25) is 5.02 Å². The van der Waals surface area contributed by atoms with Gasteiger partial charge in [0.05, 0.1) is 28.9 Å². The predicted molar refractivity (Wildman–Crippen MR) is 94.5 cm³/mol. The molecule has 2 aromatic carbocycles. The van der Waals surface area contributed by atoms with Crippen molar-refractivity contribution in [3.63, 3.8) is 0 Å². The van der Waals surface area contributed by atoms with E-state index in [1.54, 1.807) is 30.3 Å². The molecule has 7 heteroatoms. The predicted octanol–water partition coefficient (Wildman–Crippen LogP) is 2.60. The molecule has 0 unspecified atom stereocenters. The Bertz CT molecular complexity index is 904. The van der Waals surface area contributed by atoms with Gasteiger partial charge in [-0.25, -0.2) is 4.39 Å². The number of aliphatic hydroxyl groups is 1. The van der Waals surface area contributed by atoms with Gasteiger partial charge < -0.3 is 14.9 Å². The van der Waals surface area contributed by atoms with Crippen molar-refractivity contribution in [2.24, 2.45) is 0 Å². The molecule has 4 rings (SSSR count). The summed E-state index contributed by atoms with van der Waals surface area (Å²) < 4.78 is 13.8. The van der Waals surface area contributed by atoms with E-state index in [0.717, 1.165) is 0 Å². The van der Waals surface area contributed by atoms with Crippen molar-refractivity contribution in [3.05, 3.63) is 64.4 Å². The van der Waals surface area contributed by atoms with Crippen molar-refractivity contribution >= 4 is 29.1 Å². The van der Waals surface area contributed by atoms with Crippen molar-refractivity contribution in [3.8, 4) is 0 Å². The molecule has 0 spiro atoms. The monoisotopic (exact) mass is 374 g/mol. The first-order valence-corrected chi connectivity index (χ1v) is 8.67. The van der Waals surface area contributed by atoms with Gasteiger partial charge in [-0.15, -0.1) is 0 Å².